The number of benzene rings is 2. The van der Waals surface area contributed by atoms with Crippen molar-refractivity contribution in [3.05, 3.63) is 65.4 Å². The van der Waals surface area contributed by atoms with Gasteiger partial charge in [0, 0.05) is 16.6 Å². The molecule has 138 valence electrons. The number of carbonyl (C=O) groups is 1. The third kappa shape index (κ3) is 3.83. The van der Waals surface area contributed by atoms with E-state index < -0.39 is 5.97 Å². The Morgan fingerprint density at radius 2 is 2.00 bits per heavy atom. The molecular weight excluding hydrogens is 338 g/mol. The average molecular weight is 361 g/mol. The molecule has 0 aliphatic rings. The van der Waals surface area contributed by atoms with Gasteiger partial charge in [-0.15, -0.1) is 6.42 Å². The van der Waals surface area contributed by atoms with Crippen molar-refractivity contribution in [2.45, 2.75) is 32.7 Å². The van der Waals surface area contributed by atoms with Gasteiger partial charge < -0.3 is 14.4 Å². The van der Waals surface area contributed by atoms with E-state index in [2.05, 4.69) is 17.4 Å². The number of aliphatic carboxylic acids is 1. The quantitative estimate of drug-likeness (QED) is 0.626. The SMILES string of the molecule is C#CC(c1ccc(OCCC)cc1)n1c(C)cc2c(CC(=O)O)cccc21. The number of terminal acetylenes is 1. The first-order chi connectivity index (χ1) is 13.0. The summed E-state index contributed by atoms with van der Waals surface area (Å²) in [6, 6.07) is 15.3. The number of rotatable bonds is 7. The molecule has 3 rings (SSSR count). The van der Waals surface area contributed by atoms with Crippen molar-refractivity contribution >= 4 is 16.9 Å². The molecule has 0 saturated heterocycles. The minimum absolute atomic E-state index is 0.00895. The number of carboxylic acids is 1. The molecule has 1 heterocycles. The summed E-state index contributed by atoms with van der Waals surface area (Å²) < 4.78 is 7.73. The summed E-state index contributed by atoms with van der Waals surface area (Å²) >= 11 is 0. The Labute approximate surface area is 159 Å². The maximum Gasteiger partial charge on any atom is 0.307 e. The molecule has 0 amide bonds. The fourth-order valence-corrected chi connectivity index (χ4v) is 3.39. The van der Waals surface area contributed by atoms with Gasteiger partial charge in [0.2, 0.25) is 0 Å². The third-order valence-corrected chi connectivity index (χ3v) is 4.59. The molecule has 0 aliphatic carbocycles. The van der Waals surface area contributed by atoms with Gasteiger partial charge >= 0.3 is 5.97 Å². The van der Waals surface area contributed by atoms with Crippen LogP contribution in [0.4, 0.5) is 0 Å². The highest BCUT2D eigenvalue weighted by Crippen LogP contribution is 2.30. The first kappa shape index (κ1) is 18.6. The van der Waals surface area contributed by atoms with E-state index in [1.165, 1.54) is 0 Å². The third-order valence-electron chi connectivity index (χ3n) is 4.59. The number of hydrogen-bond acceptors (Lipinski definition) is 2. The van der Waals surface area contributed by atoms with Crippen LogP contribution in [0.3, 0.4) is 0 Å². The lowest BCUT2D eigenvalue weighted by molar-refractivity contribution is -0.136. The van der Waals surface area contributed by atoms with E-state index in [4.69, 9.17) is 11.2 Å². The topological polar surface area (TPSA) is 51.5 Å². The van der Waals surface area contributed by atoms with Crippen molar-refractivity contribution in [1.82, 2.24) is 4.57 Å². The monoisotopic (exact) mass is 361 g/mol. The predicted molar refractivity (Wildman–Crippen MR) is 107 cm³/mol. The second-order valence-electron chi connectivity index (χ2n) is 6.56. The highest BCUT2D eigenvalue weighted by molar-refractivity contribution is 5.88. The lowest BCUT2D eigenvalue weighted by atomic mass is 10.1. The summed E-state index contributed by atoms with van der Waals surface area (Å²) in [4.78, 5) is 11.2. The number of aryl methyl sites for hydroxylation is 1. The maximum absolute atomic E-state index is 11.2. The maximum atomic E-state index is 11.2. The van der Waals surface area contributed by atoms with Crippen molar-refractivity contribution in [2.75, 3.05) is 6.61 Å². The van der Waals surface area contributed by atoms with Crippen LogP contribution in [-0.4, -0.2) is 22.2 Å². The highest BCUT2D eigenvalue weighted by Gasteiger charge is 2.18. The second kappa shape index (κ2) is 8.01. The Balaban J connectivity index is 2.03. The number of aromatic nitrogens is 1. The number of nitrogens with zero attached hydrogens (tertiary/aromatic N) is 1. The Morgan fingerprint density at radius 1 is 1.26 bits per heavy atom. The molecule has 27 heavy (non-hydrogen) atoms. The Bertz CT molecular complexity index is 993. The molecule has 1 unspecified atom stereocenters. The molecule has 0 bridgehead atoms. The standard InChI is InChI=1S/C23H23NO3/c1-4-13-27-19-11-9-17(10-12-19)21(5-2)24-16(3)14-20-18(15-23(25)26)7-6-8-22(20)24/h2,6-12,14,21H,4,13,15H2,1,3H3,(H,25,26). The number of carboxylic acid groups (broad SMARTS) is 1. The molecule has 3 aromatic rings. The van der Waals surface area contributed by atoms with E-state index in [-0.39, 0.29) is 12.5 Å². The first-order valence-corrected chi connectivity index (χ1v) is 9.05. The Kier molecular flexibility index (Phi) is 5.52. The molecule has 1 aromatic heterocycles. The zero-order valence-corrected chi connectivity index (χ0v) is 15.6. The number of fused-ring (bicyclic) bond motifs is 1. The van der Waals surface area contributed by atoms with E-state index in [0.717, 1.165) is 39.9 Å². The van der Waals surface area contributed by atoms with Gasteiger partial charge in [-0.2, -0.15) is 0 Å². The lowest BCUT2D eigenvalue weighted by Gasteiger charge is -2.18. The van der Waals surface area contributed by atoms with Gasteiger partial charge in [-0.1, -0.05) is 37.1 Å². The molecule has 0 radical (unpaired) electrons. The fraction of sp³-hybridized carbons (Fsp3) is 0.261. The Hall–Kier alpha value is -3.19. The van der Waals surface area contributed by atoms with Gasteiger partial charge in [-0.3, -0.25) is 4.79 Å². The Morgan fingerprint density at radius 3 is 2.63 bits per heavy atom. The molecule has 0 aliphatic heterocycles. The van der Waals surface area contributed by atoms with Crippen LogP contribution in [0, 0.1) is 19.3 Å². The number of ether oxygens (including phenoxy) is 1. The lowest BCUT2D eigenvalue weighted by Crippen LogP contribution is -2.10. The van der Waals surface area contributed by atoms with Crippen molar-refractivity contribution in [2.24, 2.45) is 0 Å². The van der Waals surface area contributed by atoms with Crippen molar-refractivity contribution in [3.63, 3.8) is 0 Å². The largest absolute Gasteiger partial charge is 0.494 e. The van der Waals surface area contributed by atoms with Gasteiger partial charge in [0.1, 0.15) is 11.8 Å². The van der Waals surface area contributed by atoms with Crippen LogP contribution in [0.5, 0.6) is 5.75 Å². The average Bonchev–Trinajstić information content (AvgIpc) is 2.99. The van der Waals surface area contributed by atoms with Crippen LogP contribution in [0.25, 0.3) is 10.9 Å². The van der Waals surface area contributed by atoms with Gasteiger partial charge in [0.25, 0.3) is 0 Å². The summed E-state index contributed by atoms with van der Waals surface area (Å²) in [7, 11) is 0. The summed E-state index contributed by atoms with van der Waals surface area (Å²) in [5.41, 5.74) is 3.73. The first-order valence-electron chi connectivity index (χ1n) is 9.05. The summed E-state index contributed by atoms with van der Waals surface area (Å²) in [6.07, 6.45) is 6.85. The van der Waals surface area contributed by atoms with Crippen LogP contribution in [-0.2, 0) is 11.2 Å². The normalized spacial score (nSPS) is 11.9. The van der Waals surface area contributed by atoms with Crippen LogP contribution in [0.2, 0.25) is 0 Å². The van der Waals surface area contributed by atoms with Crippen molar-refractivity contribution in [1.29, 1.82) is 0 Å². The van der Waals surface area contributed by atoms with Crippen molar-refractivity contribution in [3.8, 4) is 18.1 Å². The van der Waals surface area contributed by atoms with Gasteiger partial charge in [-0.25, -0.2) is 0 Å². The minimum Gasteiger partial charge on any atom is -0.494 e. The zero-order valence-electron chi connectivity index (χ0n) is 15.6. The van der Waals surface area contributed by atoms with Gasteiger partial charge in [0.15, 0.2) is 0 Å². The van der Waals surface area contributed by atoms with Crippen LogP contribution in [0.15, 0.2) is 48.5 Å². The molecule has 2 aromatic carbocycles. The molecule has 1 N–H and O–H groups in total. The molecular formula is C23H23NO3. The molecule has 4 heteroatoms. The minimum atomic E-state index is -0.843. The number of hydrogen-bond donors (Lipinski definition) is 1. The van der Waals surface area contributed by atoms with Crippen molar-refractivity contribution < 1.29 is 14.6 Å². The summed E-state index contributed by atoms with van der Waals surface area (Å²) in [5.74, 6) is 2.87. The smallest absolute Gasteiger partial charge is 0.307 e. The molecule has 0 saturated carbocycles. The van der Waals surface area contributed by atoms with E-state index in [9.17, 15) is 9.90 Å². The van der Waals surface area contributed by atoms with Crippen LogP contribution in [0.1, 0.15) is 36.2 Å². The molecule has 4 nitrogen and oxygen atoms in total. The summed E-state index contributed by atoms with van der Waals surface area (Å²) in [6.45, 7) is 4.75. The van der Waals surface area contributed by atoms with Crippen LogP contribution >= 0.6 is 0 Å². The molecule has 0 spiro atoms. The molecule has 0 fully saturated rings. The van der Waals surface area contributed by atoms with Gasteiger partial charge in [-0.05, 0) is 48.7 Å². The fourth-order valence-electron chi connectivity index (χ4n) is 3.39. The zero-order chi connectivity index (χ0) is 19.4. The second-order valence-corrected chi connectivity index (χ2v) is 6.56. The summed E-state index contributed by atoms with van der Waals surface area (Å²) in [5, 5.41) is 10.1. The van der Waals surface area contributed by atoms with E-state index >= 15 is 0 Å². The van der Waals surface area contributed by atoms with Gasteiger partial charge in [0.05, 0.1) is 13.0 Å². The van der Waals surface area contributed by atoms with Crippen LogP contribution < -0.4 is 4.74 Å². The van der Waals surface area contributed by atoms with E-state index in [1.807, 2.05) is 55.5 Å². The highest BCUT2D eigenvalue weighted by atomic mass is 16.5. The van der Waals surface area contributed by atoms with E-state index in [0.29, 0.717) is 6.61 Å². The van der Waals surface area contributed by atoms with E-state index in [1.54, 1.807) is 0 Å². The molecule has 1 atom stereocenters. The predicted octanol–water partition coefficient (Wildman–Crippen LogP) is 4.59.